The van der Waals surface area contributed by atoms with Gasteiger partial charge in [-0.05, 0) is 12.1 Å². The van der Waals surface area contributed by atoms with Gasteiger partial charge in [-0.2, -0.15) is 0 Å². The Labute approximate surface area is 70.3 Å². The minimum Gasteiger partial charge on any atom is -0.392 e. The highest BCUT2D eigenvalue weighted by Crippen LogP contribution is 2.17. The van der Waals surface area contributed by atoms with E-state index >= 15 is 0 Å². The van der Waals surface area contributed by atoms with Gasteiger partial charge >= 0.3 is 0 Å². The first kappa shape index (κ1) is 7.31. The summed E-state index contributed by atoms with van der Waals surface area (Å²) in [6, 6.07) is 3.84. The zero-order valence-electron chi connectivity index (χ0n) is 6.86. The summed E-state index contributed by atoms with van der Waals surface area (Å²) in [5, 5.41) is 10.0. The maximum absolute atomic E-state index is 9.01. The van der Waals surface area contributed by atoms with E-state index in [1.807, 2.05) is 29.9 Å². The van der Waals surface area contributed by atoms with Crippen molar-refractivity contribution in [2.75, 3.05) is 0 Å². The van der Waals surface area contributed by atoms with Crippen molar-refractivity contribution >= 4 is 11.0 Å². The number of pyridine rings is 1. The largest absolute Gasteiger partial charge is 0.392 e. The molecule has 0 spiro atoms. The minimum atomic E-state index is 0.0725. The van der Waals surface area contributed by atoms with Crippen LogP contribution in [0.5, 0.6) is 0 Å². The molecule has 0 fully saturated rings. The van der Waals surface area contributed by atoms with Gasteiger partial charge < -0.3 is 9.67 Å². The van der Waals surface area contributed by atoms with E-state index < -0.39 is 0 Å². The summed E-state index contributed by atoms with van der Waals surface area (Å²) in [6.07, 6.45) is 3.65. The lowest BCUT2D eigenvalue weighted by atomic mass is 10.2. The molecule has 0 amide bonds. The first-order valence-electron chi connectivity index (χ1n) is 3.82. The third-order valence-corrected chi connectivity index (χ3v) is 1.99. The number of rotatable bonds is 1. The highest BCUT2D eigenvalue weighted by atomic mass is 16.3. The zero-order chi connectivity index (χ0) is 8.55. The SMILES string of the molecule is Cn1cc(CO)c2cccnc21. The summed E-state index contributed by atoms with van der Waals surface area (Å²) < 4.78 is 1.92. The molecule has 2 aromatic rings. The summed E-state index contributed by atoms with van der Waals surface area (Å²) in [6.45, 7) is 0.0725. The van der Waals surface area contributed by atoms with Gasteiger partial charge in [0.2, 0.25) is 0 Å². The molecular weight excluding hydrogens is 152 g/mol. The van der Waals surface area contributed by atoms with Crippen LogP contribution in [0.4, 0.5) is 0 Å². The van der Waals surface area contributed by atoms with Crippen LogP contribution < -0.4 is 0 Å². The van der Waals surface area contributed by atoms with Crippen LogP contribution in [0.3, 0.4) is 0 Å². The molecule has 12 heavy (non-hydrogen) atoms. The van der Waals surface area contributed by atoms with Crippen molar-refractivity contribution in [3.8, 4) is 0 Å². The number of aromatic nitrogens is 2. The fourth-order valence-electron chi connectivity index (χ4n) is 1.42. The molecule has 0 aromatic carbocycles. The van der Waals surface area contributed by atoms with Crippen LogP contribution in [0.25, 0.3) is 11.0 Å². The molecule has 3 nitrogen and oxygen atoms in total. The Kier molecular flexibility index (Phi) is 1.59. The molecule has 0 aliphatic rings. The first-order chi connectivity index (χ1) is 5.83. The van der Waals surface area contributed by atoms with E-state index in [4.69, 9.17) is 5.11 Å². The van der Waals surface area contributed by atoms with Gasteiger partial charge in [0.05, 0.1) is 6.61 Å². The molecule has 0 saturated carbocycles. The third kappa shape index (κ3) is 0.905. The molecule has 3 heteroatoms. The van der Waals surface area contributed by atoms with E-state index in [0.717, 1.165) is 16.6 Å². The molecule has 0 radical (unpaired) electrons. The van der Waals surface area contributed by atoms with Crippen molar-refractivity contribution in [2.45, 2.75) is 6.61 Å². The predicted octanol–water partition coefficient (Wildman–Crippen LogP) is 1.07. The second-order valence-electron chi connectivity index (χ2n) is 2.80. The van der Waals surface area contributed by atoms with Crippen molar-refractivity contribution in [3.63, 3.8) is 0 Å². The molecule has 0 atom stereocenters. The third-order valence-electron chi connectivity index (χ3n) is 1.99. The molecule has 1 N–H and O–H groups in total. The molecule has 62 valence electrons. The quantitative estimate of drug-likeness (QED) is 0.681. The highest BCUT2D eigenvalue weighted by Gasteiger charge is 2.04. The number of aryl methyl sites for hydroxylation is 1. The van der Waals surface area contributed by atoms with Gasteiger partial charge in [-0.15, -0.1) is 0 Å². The standard InChI is InChI=1S/C9H10N2O/c1-11-5-7(6-12)8-3-2-4-10-9(8)11/h2-5,12H,6H2,1H3. The fourth-order valence-corrected chi connectivity index (χ4v) is 1.42. The average molecular weight is 162 g/mol. The van der Waals surface area contributed by atoms with Crippen LogP contribution in [-0.2, 0) is 13.7 Å². The Balaban J connectivity index is 2.82. The summed E-state index contributed by atoms with van der Waals surface area (Å²) >= 11 is 0. The van der Waals surface area contributed by atoms with E-state index in [2.05, 4.69) is 4.98 Å². The summed E-state index contributed by atoms with van der Waals surface area (Å²) in [5.41, 5.74) is 1.85. The lowest BCUT2D eigenvalue weighted by Crippen LogP contribution is -1.85. The summed E-state index contributed by atoms with van der Waals surface area (Å²) in [4.78, 5) is 4.20. The van der Waals surface area contributed by atoms with Crippen LogP contribution in [0.15, 0.2) is 24.5 Å². The Hall–Kier alpha value is -1.35. The van der Waals surface area contributed by atoms with Crippen LogP contribution >= 0.6 is 0 Å². The Morgan fingerprint density at radius 2 is 2.42 bits per heavy atom. The Morgan fingerprint density at radius 1 is 1.58 bits per heavy atom. The Bertz CT molecular complexity index is 406. The monoisotopic (exact) mass is 162 g/mol. The van der Waals surface area contributed by atoms with Gasteiger partial charge in [-0.1, -0.05) is 0 Å². The van der Waals surface area contributed by atoms with Crippen LogP contribution in [0.2, 0.25) is 0 Å². The smallest absolute Gasteiger partial charge is 0.139 e. The summed E-state index contributed by atoms with van der Waals surface area (Å²) in [7, 11) is 1.93. The molecule has 2 heterocycles. The van der Waals surface area contributed by atoms with Gasteiger partial charge in [-0.25, -0.2) is 4.98 Å². The van der Waals surface area contributed by atoms with Gasteiger partial charge in [0.1, 0.15) is 5.65 Å². The topological polar surface area (TPSA) is 38.0 Å². The van der Waals surface area contributed by atoms with Gasteiger partial charge in [-0.3, -0.25) is 0 Å². The van der Waals surface area contributed by atoms with Gasteiger partial charge in [0.15, 0.2) is 0 Å². The predicted molar refractivity (Wildman–Crippen MR) is 46.6 cm³/mol. The summed E-state index contributed by atoms with van der Waals surface area (Å²) in [5.74, 6) is 0. The lowest BCUT2D eigenvalue weighted by molar-refractivity contribution is 0.283. The zero-order valence-corrected chi connectivity index (χ0v) is 6.86. The van der Waals surface area contributed by atoms with E-state index in [1.54, 1.807) is 6.20 Å². The maximum Gasteiger partial charge on any atom is 0.139 e. The molecule has 0 bridgehead atoms. The molecule has 0 unspecified atom stereocenters. The van der Waals surface area contributed by atoms with Crippen LogP contribution in [0.1, 0.15) is 5.56 Å². The molecule has 0 aliphatic heterocycles. The number of nitrogens with zero attached hydrogens (tertiary/aromatic N) is 2. The number of aliphatic hydroxyl groups excluding tert-OH is 1. The van der Waals surface area contributed by atoms with Crippen LogP contribution in [0, 0.1) is 0 Å². The van der Waals surface area contributed by atoms with Crippen molar-refractivity contribution in [1.82, 2.24) is 9.55 Å². The number of hydrogen-bond acceptors (Lipinski definition) is 2. The first-order valence-corrected chi connectivity index (χ1v) is 3.82. The molecule has 2 rings (SSSR count). The fraction of sp³-hybridized carbons (Fsp3) is 0.222. The van der Waals surface area contributed by atoms with Crippen LogP contribution in [-0.4, -0.2) is 14.7 Å². The van der Waals surface area contributed by atoms with Crippen molar-refractivity contribution in [1.29, 1.82) is 0 Å². The second kappa shape index (κ2) is 2.60. The minimum absolute atomic E-state index is 0.0725. The van der Waals surface area contributed by atoms with E-state index in [0.29, 0.717) is 0 Å². The van der Waals surface area contributed by atoms with Crippen molar-refractivity contribution < 1.29 is 5.11 Å². The molecule has 0 saturated heterocycles. The molecular formula is C9H10N2O. The number of fused-ring (bicyclic) bond motifs is 1. The van der Waals surface area contributed by atoms with Crippen molar-refractivity contribution in [2.24, 2.45) is 7.05 Å². The average Bonchev–Trinajstić information content (AvgIpc) is 2.44. The van der Waals surface area contributed by atoms with E-state index in [9.17, 15) is 0 Å². The molecule has 2 aromatic heterocycles. The normalized spacial score (nSPS) is 10.8. The lowest BCUT2D eigenvalue weighted by Gasteiger charge is -1.91. The second-order valence-corrected chi connectivity index (χ2v) is 2.80. The Morgan fingerprint density at radius 3 is 3.17 bits per heavy atom. The van der Waals surface area contributed by atoms with Gasteiger partial charge in [0.25, 0.3) is 0 Å². The van der Waals surface area contributed by atoms with Gasteiger partial charge in [0, 0.05) is 30.4 Å². The van der Waals surface area contributed by atoms with Crippen molar-refractivity contribution in [3.05, 3.63) is 30.1 Å². The van der Waals surface area contributed by atoms with E-state index in [-0.39, 0.29) is 6.61 Å². The maximum atomic E-state index is 9.01. The number of hydrogen-bond donors (Lipinski definition) is 1. The number of aliphatic hydroxyl groups is 1. The highest BCUT2D eigenvalue weighted by molar-refractivity contribution is 5.80. The van der Waals surface area contributed by atoms with E-state index in [1.165, 1.54) is 0 Å². The molecule has 0 aliphatic carbocycles.